The molecule has 1 aliphatic rings. The van der Waals surface area contributed by atoms with E-state index in [4.69, 9.17) is 0 Å². The molecule has 1 unspecified atom stereocenters. The molecule has 8 heteroatoms. The first-order chi connectivity index (χ1) is 14.9. The van der Waals surface area contributed by atoms with Gasteiger partial charge < -0.3 is 14.8 Å². The number of rotatable bonds is 6. The van der Waals surface area contributed by atoms with Gasteiger partial charge in [-0.3, -0.25) is 18.7 Å². The molecule has 1 atom stereocenters. The van der Waals surface area contributed by atoms with Gasteiger partial charge in [0.2, 0.25) is 0 Å². The van der Waals surface area contributed by atoms with Crippen LogP contribution in [0, 0.1) is 0 Å². The van der Waals surface area contributed by atoms with Crippen molar-refractivity contribution in [1.29, 1.82) is 0 Å². The number of benzene rings is 1. The number of aryl methyl sites for hydroxylation is 2. The van der Waals surface area contributed by atoms with E-state index in [9.17, 15) is 14.4 Å². The zero-order valence-corrected chi connectivity index (χ0v) is 18.3. The number of carbonyl (C=O) groups excluding carboxylic acids is 1. The van der Waals surface area contributed by atoms with Crippen LogP contribution in [-0.4, -0.2) is 38.7 Å². The molecular weight excluding hydrogens is 394 g/mol. The van der Waals surface area contributed by atoms with Gasteiger partial charge in [-0.15, -0.1) is 0 Å². The highest BCUT2D eigenvalue weighted by atomic mass is 16.2. The SMILES string of the molecule is CCCn1c(C(=O)NCC2CCCN2c2ccccc2)cc2c(=O)n(C)c(=O)n(C)c21. The van der Waals surface area contributed by atoms with Crippen molar-refractivity contribution in [2.24, 2.45) is 14.1 Å². The molecule has 164 valence electrons. The summed E-state index contributed by atoms with van der Waals surface area (Å²) in [5.41, 5.74) is 1.29. The molecule has 1 fully saturated rings. The van der Waals surface area contributed by atoms with Crippen molar-refractivity contribution >= 4 is 22.6 Å². The summed E-state index contributed by atoms with van der Waals surface area (Å²) in [4.78, 5) is 40.6. The van der Waals surface area contributed by atoms with Crippen LogP contribution in [0.2, 0.25) is 0 Å². The quantitative estimate of drug-likeness (QED) is 0.656. The fourth-order valence-electron chi connectivity index (χ4n) is 4.59. The zero-order chi connectivity index (χ0) is 22.1. The molecule has 1 saturated heterocycles. The summed E-state index contributed by atoms with van der Waals surface area (Å²) in [6.07, 6.45) is 2.88. The van der Waals surface area contributed by atoms with E-state index in [0.29, 0.717) is 29.8 Å². The van der Waals surface area contributed by atoms with Crippen molar-refractivity contribution < 1.29 is 4.79 Å². The van der Waals surface area contributed by atoms with E-state index in [1.807, 2.05) is 25.1 Å². The van der Waals surface area contributed by atoms with Crippen LogP contribution in [0.1, 0.15) is 36.7 Å². The van der Waals surface area contributed by atoms with Crippen molar-refractivity contribution in [2.75, 3.05) is 18.0 Å². The lowest BCUT2D eigenvalue weighted by Crippen LogP contribution is -2.40. The number of hydrogen-bond acceptors (Lipinski definition) is 4. The molecule has 0 radical (unpaired) electrons. The van der Waals surface area contributed by atoms with Gasteiger partial charge in [-0.1, -0.05) is 25.1 Å². The standard InChI is InChI=1S/C23H29N5O3/c1-4-12-28-19(14-18-21(28)25(2)23(31)26(3)22(18)30)20(29)24-15-17-11-8-13-27(17)16-9-6-5-7-10-16/h5-7,9-10,14,17H,4,8,11-13,15H2,1-3H3,(H,24,29). The summed E-state index contributed by atoms with van der Waals surface area (Å²) in [6, 6.07) is 12.1. The predicted molar refractivity (Wildman–Crippen MR) is 122 cm³/mol. The number of nitrogens with one attached hydrogen (secondary N) is 1. The molecular formula is C23H29N5O3. The molecule has 4 rings (SSSR count). The molecule has 3 aromatic rings. The third kappa shape index (κ3) is 3.66. The maximum Gasteiger partial charge on any atom is 0.332 e. The van der Waals surface area contributed by atoms with Crippen molar-refractivity contribution in [2.45, 2.75) is 38.8 Å². The average Bonchev–Trinajstić information content (AvgIpc) is 3.40. The Bertz CT molecular complexity index is 1220. The number of carbonyl (C=O) groups is 1. The lowest BCUT2D eigenvalue weighted by Gasteiger charge is -2.27. The maximum atomic E-state index is 13.2. The predicted octanol–water partition coefficient (Wildman–Crippen LogP) is 1.85. The smallest absolute Gasteiger partial charge is 0.332 e. The molecule has 0 bridgehead atoms. The summed E-state index contributed by atoms with van der Waals surface area (Å²) in [7, 11) is 3.09. The lowest BCUT2D eigenvalue weighted by molar-refractivity contribution is 0.0942. The molecule has 0 aliphatic carbocycles. The Morgan fingerprint density at radius 1 is 1.13 bits per heavy atom. The van der Waals surface area contributed by atoms with Gasteiger partial charge >= 0.3 is 5.69 Å². The molecule has 1 N–H and O–H groups in total. The van der Waals surface area contributed by atoms with Crippen LogP contribution in [0.5, 0.6) is 0 Å². The molecule has 3 heterocycles. The highest BCUT2D eigenvalue weighted by Crippen LogP contribution is 2.25. The minimum Gasteiger partial charge on any atom is -0.367 e. The monoisotopic (exact) mass is 423 g/mol. The number of aromatic nitrogens is 3. The molecule has 1 amide bonds. The summed E-state index contributed by atoms with van der Waals surface area (Å²) in [6.45, 7) is 4.05. The molecule has 0 saturated carbocycles. The Hall–Kier alpha value is -3.29. The fraction of sp³-hybridized carbons (Fsp3) is 0.435. The normalized spacial score (nSPS) is 16.2. The maximum absolute atomic E-state index is 13.2. The summed E-state index contributed by atoms with van der Waals surface area (Å²) in [5, 5.41) is 3.46. The highest BCUT2D eigenvalue weighted by molar-refractivity contribution is 5.98. The number of anilines is 1. The summed E-state index contributed by atoms with van der Waals surface area (Å²) < 4.78 is 4.31. The Kier molecular flexibility index (Phi) is 5.71. The molecule has 2 aromatic heterocycles. The largest absolute Gasteiger partial charge is 0.367 e. The number of nitrogens with zero attached hydrogens (tertiary/aromatic N) is 4. The Labute approximate surface area is 180 Å². The first-order valence-corrected chi connectivity index (χ1v) is 10.8. The fourth-order valence-corrected chi connectivity index (χ4v) is 4.59. The first-order valence-electron chi connectivity index (χ1n) is 10.8. The number of para-hydroxylation sites is 1. The second-order valence-electron chi connectivity index (χ2n) is 8.16. The van der Waals surface area contributed by atoms with Crippen LogP contribution in [0.25, 0.3) is 11.0 Å². The van der Waals surface area contributed by atoms with Crippen molar-refractivity contribution in [3.8, 4) is 0 Å². The third-order valence-electron chi connectivity index (χ3n) is 6.14. The van der Waals surface area contributed by atoms with Gasteiger partial charge in [0, 0.05) is 45.5 Å². The van der Waals surface area contributed by atoms with Gasteiger partial charge in [-0.2, -0.15) is 0 Å². The zero-order valence-electron chi connectivity index (χ0n) is 18.3. The van der Waals surface area contributed by atoms with Crippen LogP contribution in [0.3, 0.4) is 0 Å². The Balaban J connectivity index is 1.63. The molecule has 1 aromatic carbocycles. The minimum absolute atomic E-state index is 0.223. The van der Waals surface area contributed by atoms with E-state index in [1.54, 1.807) is 17.7 Å². The molecule has 0 spiro atoms. The van der Waals surface area contributed by atoms with Gasteiger partial charge in [-0.25, -0.2) is 4.79 Å². The van der Waals surface area contributed by atoms with E-state index in [1.165, 1.54) is 11.6 Å². The van der Waals surface area contributed by atoms with E-state index in [-0.39, 0.29) is 17.5 Å². The average molecular weight is 424 g/mol. The van der Waals surface area contributed by atoms with Gasteiger partial charge in [-0.05, 0) is 37.5 Å². The van der Waals surface area contributed by atoms with Crippen molar-refractivity contribution in [1.82, 2.24) is 19.0 Å². The van der Waals surface area contributed by atoms with Crippen LogP contribution in [0.15, 0.2) is 46.0 Å². The van der Waals surface area contributed by atoms with Crippen molar-refractivity contribution in [3.63, 3.8) is 0 Å². The van der Waals surface area contributed by atoms with Crippen LogP contribution in [0.4, 0.5) is 5.69 Å². The Morgan fingerprint density at radius 2 is 1.87 bits per heavy atom. The summed E-state index contributed by atoms with van der Waals surface area (Å²) in [5.74, 6) is -0.223. The number of amides is 1. The Morgan fingerprint density at radius 3 is 2.58 bits per heavy atom. The van der Waals surface area contributed by atoms with E-state index >= 15 is 0 Å². The van der Waals surface area contributed by atoms with Gasteiger partial charge in [0.05, 0.1) is 5.39 Å². The number of fused-ring (bicyclic) bond motifs is 1. The van der Waals surface area contributed by atoms with Gasteiger partial charge in [0.1, 0.15) is 11.3 Å². The van der Waals surface area contributed by atoms with Crippen molar-refractivity contribution in [3.05, 3.63) is 62.9 Å². The van der Waals surface area contributed by atoms with Gasteiger partial charge in [0.15, 0.2) is 0 Å². The summed E-state index contributed by atoms with van der Waals surface area (Å²) >= 11 is 0. The lowest BCUT2D eigenvalue weighted by atomic mass is 10.2. The third-order valence-corrected chi connectivity index (χ3v) is 6.14. The van der Waals surface area contributed by atoms with Crippen LogP contribution < -0.4 is 21.5 Å². The first kappa shape index (κ1) is 21.0. The minimum atomic E-state index is -0.399. The van der Waals surface area contributed by atoms with Crippen LogP contribution >= 0.6 is 0 Å². The van der Waals surface area contributed by atoms with Gasteiger partial charge in [0.25, 0.3) is 11.5 Å². The second-order valence-corrected chi connectivity index (χ2v) is 8.16. The molecule has 8 nitrogen and oxygen atoms in total. The van der Waals surface area contributed by atoms with E-state index in [0.717, 1.165) is 36.1 Å². The molecule has 31 heavy (non-hydrogen) atoms. The van der Waals surface area contributed by atoms with E-state index < -0.39 is 5.69 Å². The van der Waals surface area contributed by atoms with E-state index in [2.05, 4.69) is 22.3 Å². The second kappa shape index (κ2) is 8.45. The van der Waals surface area contributed by atoms with Crippen LogP contribution in [-0.2, 0) is 20.6 Å². The molecule has 1 aliphatic heterocycles. The number of hydrogen-bond donors (Lipinski definition) is 1. The highest BCUT2D eigenvalue weighted by Gasteiger charge is 2.26. The topological polar surface area (TPSA) is 81.3 Å².